The van der Waals surface area contributed by atoms with Crippen molar-refractivity contribution in [3.05, 3.63) is 6.33 Å². The first-order valence-corrected chi connectivity index (χ1v) is 8.16. The number of carbonyl (C=O) groups excluding carboxylic acids is 1. The Bertz CT molecular complexity index is 543. The lowest BCUT2D eigenvalue weighted by atomic mass is 9.98. The Kier molecular flexibility index (Phi) is 4.14. The lowest BCUT2D eigenvalue weighted by Gasteiger charge is -2.30. The summed E-state index contributed by atoms with van der Waals surface area (Å²) in [6, 6.07) is 0.490. The van der Waals surface area contributed by atoms with Gasteiger partial charge in [-0.1, -0.05) is 11.8 Å². The highest BCUT2D eigenvalue weighted by molar-refractivity contribution is 7.99. The van der Waals surface area contributed by atoms with Gasteiger partial charge in [0.2, 0.25) is 5.91 Å². The zero-order valence-electron chi connectivity index (χ0n) is 11.6. The van der Waals surface area contributed by atoms with E-state index in [1.807, 2.05) is 4.57 Å². The van der Waals surface area contributed by atoms with E-state index < -0.39 is 11.9 Å². The van der Waals surface area contributed by atoms with Gasteiger partial charge in [0.15, 0.2) is 5.16 Å². The van der Waals surface area contributed by atoms with E-state index in [1.54, 1.807) is 11.2 Å². The summed E-state index contributed by atoms with van der Waals surface area (Å²) in [6.45, 7) is 0.975. The minimum absolute atomic E-state index is 0.0173. The minimum Gasteiger partial charge on any atom is -0.481 e. The normalized spacial score (nSPS) is 22.3. The van der Waals surface area contributed by atoms with Crippen LogP contribution in [0.5, 0.6) is 0 Å². The van der Waals surface area contributed by atoms with Gasteiger partial charge in [0.05, 0.1) is 11.7 Å². The fourth-order valence-corrected chi connectivity index (χ4v) is 3.45. The molecule has 1 N–H and O–H groups in total. The van der Waals surface area contributed by atoms with Crippen molar-refractivity contribution in [3.63, 3.8) is 0 Å². The number of hydrogen-bond acceptors (Lipinski definition) is 5. The molecule has 1 aromatic heterocycles. The van der Waals surface area contributed by atoms with Crippen molar-refractivity contribution in [1.82, 2.24) is 19.7 Å². The van der Waals surface area contributed by atoms with Crippen molar-refractivity contribution < 1.29 is 14.7 Å². The van der Waals surface area contributed by atoms with E-state index >= 15 is 0 Å². The number of piperidine rings is 1. The summed E-state index contributed by atoms with van der Waals surface area (Å²) in [7, 11) is 0. The highest BCUT2D eigenvalue weighted by Crippen LogP contribution is 2.37. The van der Waals surface area contributed by atoms with Crippen molar-refractivity contribution in [1.29, 1.82) is 0 Å². The van der Waals surface area contributed by atoms with E-state index in [1.165, 1.54) is 11.8 Å². The lowest BCUT2D eigenvalue weighted by molar-refractivity contribution is -0.145. The van der Waals surface area contributed by atoms with Gasteiger partial charge >= 0.3 is 5.97 Å². The molecule has 114 valence electrons. The van der Waals surface area contributed by atoms with Gasteiger partial charge in [0.1, 0.15) is 6.33 Å². The molecule has 0 radical (unpaired) electrons. The average Bonchev–Trinajstić information content (AvgIpc) is 3.23. The number of carbonyl (C=O) groups is 2. The molecule has 1 saturated carbocycles. The van der Waals surface area contributed by atoms with Gasteiger partial charge in [-0.2, -0.15) is 0 Å². The summed E-state index contributed by atoms with van der Waals surface area (Å²) in [4.78, 5) is 24.9. The Labute approximate surface area is 126 Å². The molecule has 21 heavy (non-hydrogen) atoms. The van der Waals surface area contributed by atoms with Crippen LogP contribution in [0.1, 0.15) is 31.7 Å². The maximum Gasteiger partial charge on any atom is 0.308 e. The second-order valence-electron chi connectivity index (χ2n) is 5.56. The quantitative estimate of drug-likeness (QED) is 0.817. The zero-order valence-corrected chi connectivity index (χ0v) is 12.5. The van der Waals surface area contributed by atoms with Gasteiger partial charge in [-0.15, -0.1) is 10.2 Å². The Morgan fingerprint density at radius 3 is 2.90 bits per heavy atom. The molecule has 8 heteroatoms. The third-order valence-electron chi connectivity index (χ3n) is 3.93. The second kappa shape index (κ2) is 6.05. The lowest BCUT2D eigenvalue weighted by Crippen LogP contribution is -2.43. The number of likely N-dealkylation sites (tertiary alicyclic amines) is 1. The molecule has 3 rings (SSSR count). The van der Waals surface area contributed by atoms with E-state index in [0.717, 1.165) is 24.4 Å². The summed E-state index contributed by atoms with van der Waals surface area (Å²) in [5.74, 6) is -0.967. The van der Waals surface area contributed by atoms with Crippen LogP contribution in [0.4, 0.5) is 0 Å². The van der Waals surface area contributed by atoms with Crippen LogP contribution in [-0.2, 0) is 9.59 Å². The van der Waals surface area contributed by atoms with Gasteiger partial charge in [-0.05, 0) is 25.7 Å². The molecule has 2 fully saturated rings. The van der Waals surface area contributed by atoms with E-state index in [2.05, 4.69) is 10.2 Å². The Morgan fingerprint density at radius 1 is 1.38 bits per heavy atom. The number of aromatic nitrogens is 3. The molecule has 1 aromatic rings. The number of rotatable bonds is 5. The van der Waals surface area contributed by atoms with Crippen LogP contribution in [0.25, 0.3) is 0 Å². The monoisotopic (exact) mass is 310 g/mol. The molecule has 2 heterocycles. The van der Waals surface area contributed by atoms with Crippen LogP contribution in [0.2, 0.25) is 0 Å². The fraction of sp³-hybridized carbons (Fsp3) is 0.692. The molecule has 0 bridgehead atoms. The van der Waals surface area contributed by atoms with Crippen LogP contribution < -0.4 is 0 Å². The number of carboxylic acids is 1. The maximum absolute atomic E-state index is 12.2. The fourth-order valence-electron chi connectivity index (χ4n) is 2.56. The van der Waals surface area contributed by atoms with Gasteiger partial charge < -0.3 is 14.6 Å². The summed E-state index contributed by atoms with van der Waals surface area (Å²) in [5.41, 5.74) is 0. The third-order valence-corrected chi connectivity index (χ3v) is 4.87. The summed E-state index contributed by atoms with van der Waals surface area (Å²) in [5, 5.41) is 17.8. The maximum atomic E-state index is 12.2. The Morgan fingerprint density at radius 2 is 2.19 bits per heavy atom. The topological polar surface area (TPSA) is 88.3 Å². The highest BCUT2D eigenvalue weighted by Gasteiger charge is 2.29. The summed E-state index contributed by atoms with van der Waals surface area (Å²) >= 11 is 1.38. The Balaban J connectivity index is 1.53. The van der Waals surface area contributed by atoms with E-state index in [0.29, 0.717) is 25.6 Å². The first-order valence-electron chi connectivity index (χ1n) is 7.18. The van der Waals surface area contributed by atoms with E-state index in [9.17, 15) is 9.59 Å². The number of carboxylic acid groups (broad SMARTS) is 1. The molecule has 1 aliphatic carbocycles. The molecule has 1 atom stereocenters. The molecule has 1 amide bonds. The molecule has 0 spiro atoms. The van der Waals surface area contributed by atoms with Crippen molar-refractivity contribution >= 4 is 23.6 Å². The largest absolute Gasteiger partial charge is 0.481 e. The van der Waals surface area contributed by atoms with E-state index in [-0.39, 0.29) is 11.7 Å². The van der Waals surface area contributed by atoms with Crippen molar-refractivity contribution in [2.75, 3.05) is 18.8 Å². The molecule has 2 aliphatic rings. The first kappa shape index (κ1) is 14.4. The minimum atomic E-state index is -0.811. The highest BCUT2D eigenvalue weighted by atomic mass is 32.2. The summed E-state index contributed by atoms with van der Waals surface area (Å²) < 4.78 is 2.02. The van der Waals surface area contributed by atoms with Gasteiger partial charge in [-0.25, -0.2) is 0 Å². The number of amides is 1. The van der Waals surface area contributed by atoms with Crippen molar-refractivity contribution in [2.45, 2.75) is 36.9 Å². The van der Waals surface area contributed by atoms with Crippen LogP contribution >= 0.6 is 11.8 Å². The number of nitrogens with zero attached hydrogens (tertiary/aromatic N) is 4. The van der Waals surface area contributed by atoms with Crippen LogP contribution in [0.15, 0.2) is 11.5 Å². The first-order chi connectivity index (χ1) is 10.1. The molecule has 0 aromatic carbocycles. The average molecular weight is 310 g/mol. The predicted molar refractivity (Wildman–Crippen MR) is 76.0 cm³/mol. The molecule has 7 nitrogen and oxygen atoms in total. The van der Waals surface area contributed by atoms with Gasteiger partial charge in [0, 0.05) is 19.1 Å². The van der Waals surface area contributed by atoms with E-state index in [4.69, 9.17) is 5.11 Å². The number of thioether (sulfide) groups is 1. The zero-order chi connectivity index (χ0) is 14.8. The van der Waals surface area contributed by atoms with Gasteiger partial charge in [-0.3, -0.25) is 9.59 Å². The molecule has 1 saturated heterocycles. The Hall–Kier alpha value is -1.57. The third kappa shape index (κ3) is 3.37. The van der Waals surface area contributed by atoms with Crippen LogP contribution in [0.3, 0.4) is 0 Å². The summed E-state index contributed by atoms with van der Waals surface area (Å²) in [6.07, 6.45) is 5.41. The standard InChI is InChI=1S/C13H18N4O3S/c18-11(16-5-1-2-9(6-16)12(19)20)7-21-13-15-14-8-17(13)10-3-4-10/h8-10H,1-7H2,(H,19,20)/t9-/m0/s1. The van der Waals surface area contributed by atoms with Crippen LogP contribution in [0, 0.1) is 5.92 Å². The van der Waals surface area contributed by atoms with Gasteiger partial charge in [0.25, 0.3) is 0 Å². The molecule has 1 aliphatic heterocycles. The second-order valence-corrected chi connectivity index (χ2v) is 6.50. The van der Waals surface area contributed by atoms with Crippen molar-refractivity contribution in [2.24, 2.45) is 5.92 Å². The number of aliphatic carboxylic acids is 1. The molecule has 0 unspecified atom stereocenters. The van der Waals surface area contributed by atoms with Crippen LogP contribution in [-0.4, -0.2) is 55.5 Å². The molecular formula is C13H18N4O3S. The SMILES string of the molecule is O=C(O)[C@H]1CCCN(C(=O)CSc2nncn2C2CC2)C1. The smallest absolute Gasteiger partial charge is 0.308 e. The molecular weight excluding hydrogens is 292 g/mol. The van der Waals surface area contributed by atoms with Crippen molar-refractivity contribution in [3.8, 4) is 0 Å². The predicted octanol–water partition coefficient (Wildman–Crippen LogP) is 1.03. The number of hydrogen-bond donors (Lipinski definition) is 1.